The Hall–Kier alpha value is -1.34. The van der Waals surface area contributed by atoms with E-state index in [0.29, 0.717) is 10.8 Å². The van der Waals surface area contributed by atoms with Gasteiger partial charge in [0, 0.05) is 20.8 Å². The quantitative estimate of drug-likeness (QED) is 0.619. The van der Waals surface area contributed by atoms with Crippen LogP contribution in [0.25, 0.3) is 11.3 Å². The number of thiazole rings is 1. The molecule has 116 valence electrons. The number of hydrogen-bond acceptors (Lipinski definition) is 5. The lowest BCUT2D eigenvalue weighted by Crippen LogP contribution is -2.27. The molecule has 3 aromatic rings. The second-order valence-electron chi connectivity index (χ2n) is 4.96. The normalized spacial score (nSPS) is 17.9. The van der Waals surface area contributed by atoms with Gasteiger partial charge in [0.15, 0.2) is 5.13 Å². The number of thioether (sulfide) groups is 1. The van der Waals surface area contributed by atoms with Crippen LogP contribution in [-0.2, 0) is 4.79 Å². The molecule has 3 heterocycles. The summed E-state index contributed by atoms with van der Waals surface area (Å²) in [4.78, 5) is 20.0. The molecule has 1 unspecified atom stereocenters. The second-order valence-corrected chi connectivity index (χ2v) is 8.29. The smallest absolute Gasteiger partial charge is 0.240 e. The first-order chi connectivity index (χ1) is 11.2. The number of rotatable bonds is 3. The zero-order chi connectivity index (χ0) is 15.8. The highest BCUT2D eigenvalue weighted by molar-refractivity contribution is 8.01. The van der Waals surface area contributed by atoms with Gasteiger partial charge in [-0.15, -0.1) is 34.4 Å². The molecule has 0 N–H and O–H groups in total. The molecule has 2 aromatic heterocycles. The zero-order valence-electron chi connectivity index (χ0n) is 11.8. The summed E-state index contributed by atoms with van der Waals surface area (Å²) in [6.07, 6.45) is 0. The van der Waals surface area contributed by atoms with Crippen molar-refractivity contribution in [3.63, 3.8) is 0 Å². The van der Waals surface area contributed by atoms with E-state index in [0.717, 1.165) is 16.4 Å². The number of benzene rings is 1. The molecule has 1 atom stereocenters. The van der Waals surface area contributed by atoms with Crippen molar-refractivity contribution in [1.82, 2.24) is 4.98 Å². The van der Waals surface area contributed by atoms with Crippen LogP contribution in [0.5, 0.6) is 0 Å². The molecule has 3 nitrogen and oxygen atoms in total. The van der Waals surface area contributed by atoms with Crippen LogP contribution in [0.4, 0.5) is 5.13 Å². The Morgan fingerprint density at radius 2 is 2.00 bits per heavy atom. The molecular weight excluding hydrogens is 368 g/mol. The maximum absolute atomic E-state index is 12.3. The molecule has 0 radical (unpaired) electrons. The number of carbonyl (C=O) groups is 1. The molecule has 1 aromatic carbocycles. The Morgan fingerprint density at radius 1 is 1.17 bits per heavy atom. The third kappa shape index (κ3) is 2.92. The van der Waals surface area contributed by atoms with Gasteiger partial charge in [-0.1, -0.05) is 29.8 Å². The van der Waals surface area contributed by atoms with E-state index in [1.807, 2.05) is 46.0 Å². The Balaban J connectivity index is 1.67. The zero-order valence-corrected chi connectivity index (χ0v) is 15.0. The Morgan fingerprint density at radius 3 is 2.74 bits per heavy atom. The van der Waals surface area contributed by atoms with Crippen molar-refractivity contribution in [3.8, 4) is 11.3 Å². The van der Waals surface area contributed by atoms with Gasteiger partial charge in [-0.05, 0) is 23.6 Å². The van der Waals surface area contributed by atoms with Crippen molar-refractivity contribution in [1.29, 1.82) is 0 Å². The highest BCUT2D eigenvalue weighted by Gasteiger charge is 2.36. The van der Waals surface area contributed by atoms with Gasteiger partial charge in [-0.25, -0.2) is 4.98 Å². The van der Waals surface area contributed by atoms with Gasteiger partial charge in [-0.2, -0.15) is 0 Å². The van der Waals surface area contributed by atoms with Gasteiger partial charge < -0.3 is 0 Å². The summed E-state index contributed by atoms with van der Waals surface area (Å²) in [5.41, 5.74) is 1.88. The molecule has 1 amide bonds. The summed E-state index contributed by atoms with van der Waals surface area (Å²) in [6, 6.07) is 11.7. The molecule has 0 spiro atoms. The van der Waals surface area contributed by atoms with Crippen LogP contribution in [0.3, 0.4) is 0 Å². The first-order valence-electron chi connectivity index (χ1n) is 6.91. The minimum atomic E-state index is 0.0340. The van der Waals surface area contributed by atoms with Crippen molar-refractivity contribution >= 4 is 57.1 Å². The second kappa shape index (κ2) is 6.28. The third-order valence-electron chi connectivity index (χ3n) is 3.49. The Labute approximate surface area is 150 Å². The van der Waals surface area contributed by atoms with Crippen LogP contribution >= 0.6 is 46.0 Å². The first kappa shape index (κ1) is 15.2. The molecule has 23 heavy (non-hydrogen) atoms. The van der Waals surface area contributed by atoms with E-state index >= 15 is 0 Å². The van der Waals surface area contributed by atoms with E-state index in [1.165, 1.54) is 16.2 Å². The number of halogens is 1. The maximum atomic E-state index is 12.3. The minimum Gasteiger partial charge on any atom is -0.273 e. The van der Waals surface area contributed by atoms with Crippen molar-refractivity contribution in [2.75, 3.05) is 10.7 Å². The number of carbonyl (C=O) groups excluding carboxylic acids is 1. The summed E-state index contributed by atoms with van der Waals surface area (Å²) in [7, 11) is 0. The van der Waals surface area contributed by atoms with E-state index in [9.17, 15) is 4.79 Å². The number of nitrogens with zero attached hydrogens (tertiary/aromatic N) is 2. The van der Waals surface area contributed by atoms with Gasteiger partial charge in [0.05, 0.1) is 11.4 Å². The summed E-state index contributed by atoms with van der Waals surface area (Å²) >= 11 is 10.8. The van der Waals surface area contributed by atoms with E-state index in [1.54, 1.807) is 23.1 Å². The third-order valence-corrected chi connectivity index (χ3v) is 6.85. The highest BCUT2D eigenvalue weighted by Crippen LogP contribution is 2.44. The van der Waals surface area contributed by atoms with Crippen molar-refractivity contribution in [2.45, 2.75) is 5.37 Å². The molecule has 0 aliphatic carbocycles. The number of aromatic nitrogens is 1. The fraction of sp³-hybridized carbons (Fsp3) is 0.125. The monoisotopic (exact) mass is 378 g/mol. The summed E-state index contributed by atoms with van der Waals surface area (Å²) in [6.45, 7) is 0. The summed E-state index contributed by atoms with van der Waals surface area (Å²) in [5.74, 6) is 0.615. The van der Waals surface area contributed by atoms with Crippen LogP contribution in [0.2, 0.25) is 5.02 Å². The largest absolute Gasteiger partial charge is 0.273 e. The summed E-state index contributed by atoms with van der Waals surface area (Å²) in [5, 5.41) is 5.52. The van der Waals surface area contributed by atoms with E-state index in [4.69, 9.17) is 11.6 Å². The highest BCUT2D eigenvalue weighted by atomic mass is 35.5. The van der Waals surface area contributed by atoms with Crippen molar-refractivity contribution < 1.29 is 4.79 Å². The minimum absolute atomic E-state index is 0.0340. The lowest BCUT2D eigenvalue weighted by molar-refractivity contribution is -0.115. The fourth-order valence-corrected chi connectivity index (χ4v) is 5.58. The molecule has 1 aliphatic rings. The van der Waals surface area contributed by atoms with Crippen molar-refractivity contribution in [3.05, 3.63) is 57.1 Å². The molecule has 7 heteroatoms. The number of anilines is 1. The average Bonchev–Trinajstić information content (AvgIpc) is 3.27. The molecule has 4 rings (SSSR count). The number of thiophene rings is 1. The number of hydrogen-bond donors (Lipinski definition) is 0. The van der Waals surface area contributed by atoms with Crippen LogP contribution in [0.1, 0.15) is 10.3 Å². The maximum Gasteiger partial charge on any atom is 0.240 e. The van der Waals surface area contributed by atoms with Crippen LogP contribution in [0, 0.1) is 0 Å². The Kier molecular flexibility index (Phi) is 4.15. The van der Waals surface area contributed by atoms with Crippen LogP contribution in [-0.4, -0.2) is 16.6 Å². The lowest BCUT2D eigenvalue weighted by Gasteiger charge is -2.19. The van der Waals surface area contributed by atoms with Gasteiger partial charge in [0.2, 0.25) is 5.91 Å². The van der Waals surface area contributed by atoms with E-state index in [-0.39, 0.29) is 11.3 Å². The predicted molar refractivity (Wildman–Crippen MR) is 99.6 cm³/mol. The lowest BCUT2D eigenvalue weighted by atomic mass is 10.2. The van der Waals surface area contributed by atoms with E-state index in [2.05, 4.69) is 11.1 Å². The van der Waals surface area contributed by atoms with Gasteiger partial charge >= 0.3 is 0 Å². The SMILES string of the molecule is O=C1CSC(c2cccs2)N1c1nc(-c2ccc(Cl)cc2)cs1. The molecular formula is C16H11ClN2OS3. The Bertz CT molecular complexity index is 829. The van der Waals surface area contributed by atoms with Gasteiger partial charge in [0.25, 0.3) is 0 Å². The molecule has 1 saturated heterocycles. The molecule has 0 bridgehead atoms. The summed E-state index contributed by atoms with van der Waals surface area (Å²) < 4.78 is 0. The molecule has 1 aliphatic heterocycles. The first-order valence-corrected chi connectivity index (χ1v) is 10.1. The van der Waals surface area contributed by atoms with Gasteiger partial charge in [0.1, 0.15) is 5.37 Å². The molecule has 1 fully saturated rings. The van der Waals surface area contributed by atoms with Crippen molar-refractivity contribution in [2.24, 2.45) is 0 Å². The number of amides is 1. The van der Waals surface area contributed by atoms with Crippen LogP contribution < -0.4 is 4.90 Å². The fourth-order valence-electron chi connectivity index (χ4n) is 2.40. The predicted octanol–water partition coefficient (Wildman–Crippen LogP) is 5.30. The average molecular weight is 379 g/mol. The van der Waals surface area contributed by atoms with E-state index < -0.39 is 0 Å². The van der Waals surface area contributed by atoms with Crippen LogP contribution in [0.15, 0.2) is 47.2 Å². The topological polar surface area (TPSA) is 33.2 Å². The van der Waals surface area contributed by atoms with Gasteiger partial charge in [-0.3, -0.25) is 9.69 Å². The standard InChI is InChI=1S/C16H11ClN2OS3/c17-11-5-3-10(4-6-11)12-8-23-16(18-12)19-14(20)9-22-15(19)13-2-1-7-21-13/h1-8,15H,9H2. The molecule has 0 saturated carbocycles.